The maximum absolute atomic E-state index is 13.7. The Kier molecular flexibility index (Phi) is 7.71. The number of carbonyl (C=O) groups excluding carboxylic acids is 1. The molecule has 0 spiro atoms. The van der Waals surface area contributed by atoms with Crippen LogP contribution in [0.3, 0.4) is 0 Å². The number of nitrogens with zero attached hydrogens (tertiary/aromatic N) is 2. The van der Waals surface area contributed by atoms with Crippen molar-refractivity contribution in [1.82, 2.24) is 15.1 Å². The van der Waals surface area contributed by atoms with E-state index in [9.17, 15) is 35.9 Å². The molecule has 0 aliphatic rings. The van der Waals surface area contributed by atoms with Gasteiger partial charge in [0.15, 0.2) is 0 Å². The first-order valence-electron chi connectivity index (χ1n) is 10.3. The van der Waals surface area contributed by atoms with Crippen molar-refractivity contribution in [3.63, 3.8) is 0 Å². The molecule has 3 rings (SSSR count). The fraction of sp³-hybridized carbons (Fsp3) is 0.273. The van der Waals surface area contributed by atoms with Crippen LogP contribution in [0.15, 0.2) is 59.6 Å². The summed E-state index contributed by atoms with van der Waals surface area (Å²) in [7, 11) is -3.19. The summed E-state index contributed by atoms with van der Waals surface area (Å²) in [6.45, 7) is -1.42. The molecule has 0 bridgehead atoms. The molecule has 1 aromatic heterocycles. The number of anilines is 1. The van der Waals surface area contributed by atoms with Gasteiger partial charge in [-0.3, -0.25) is 8.98 Å². The van der Waals surface area contributed by atoms with E-state index in [0.717, 1.165) is 30.5 Å². The Balaban J connectivity index is 1.77. The lowest BCUT2D eigenvalue weighted by Gasteiger charge is -2.30. The normalized spacial score (nSPS) is 13.8. The van der Waals surface area contributed by atoms with Crippen molar-refractivity contribution in [3.05, 3.63) is 71.7 Å². The maximum atomic E-state index is 13.7. The van der Waals surface area contributed by atoms with Gasteiger partial charge in [0.05, 0.1) is 23.3 Å². The van der Waals surface area contributed by atoms with Gasteiger partial charge in [-0.1, -0.05) is 17.7 Å². The van der Waals surface area contributed by atoms with E-state index >= 15 is 0 Å². The number of nitrogens with one attached hydrogen (secondary N) is 2. The van der Waals surface area contributed by atoms with Gasteiger partial charge in [0.1, 0.15) is 23.8 Å². The molecule has 0 fully saturated rings. The summed E-state index contributed by atoms with van der Waals surface area (Å²) in [6, 6.07) is 10.2. The molecule has 0 aliphatic heterocycles. The number of alkyl halides is 3. The Morgan fingerprint density at radius 1 is 1.11 bits per heavy atom. The third kappa shape index (κ3) is 5.83. The molecule has 0 radical (unpaired) electrons. The number of aromatic nitrogens is 2. The third-order valence-corrected chi connectivity index (χ3v) is 6.43. The van der Waals surface area contributed by atoms with E-state index in [1.807, 2.05) is 5.32 Å². The van der Waals surface area contributed by atoms with E-state index in [0.29, 0.717) is 11.3 Å². The van der Waals surface area contributed by atoms with Crippen molar-refractivity contribution >= 4 is 21.8 Å². The van der Waals surface area contributed by atoms with Crippen LogP contribution in [0.4, 0.5) is 23.4 Å². The molecule has 14 heteroatoms. The number of aliphatic hydroxyl groups is 1. The number of halogens is 4. The monoisotopic (exact) mass is 530 g/mol. The first-order chi connectivity index (χ1) is 16.8. The van der Waals surface area contributed by atoms with E-state index in [1.54, 1.807) is 6.92 Å². The van der Waals surface area contributed by atoms with E-state index in [-0.39, 0.29) is 11.4 Å². The van der Waals surface area contributed by atoms with Gasteiger partial charge in [-0.15, -0.1) is 0 Å². The van der Waals surface area contributed by atoms with E-state index in [1.165, 1.54) is 36.0 Å². The Hall–Kier alpha value is -3.49. The van der Waals surface area contributed by atoms with E-state index < -0.39 is 51.7 Å². The second kappa shape index (κ2) is 10.2. The lowest BCUT2D eigenvalue weighted by molar-refractivity contribution is -0.264. The fourth-order valence-electron chi connectivity index (χ4n) is 3.04. The molecule has 3 N–H and O–H groups in total. The molecule has 9 nitrogen and oxygen atoms in total. The highest BCUT2D eigenvalue weighted by molar-refractivity contribution is 7.86. The molecule has 1 heterocycles. The number of amides is 1. The first-order valence-corrected chi connectivity index (χ1v) is 11.7. The van der Waals surface area contributed by atoms with Crippen molar-refractivity contribution in [2.24, 2.45) is 0 Å². The van der Waals surface area contributed by atoms with Gasteiger partial charge in [-0.25, -0.2) is 9.07 Å². The van der Waals surface area contributed by atoms with Crippen LogP contribution in [0.25, 0.3) is 5.69 Å². The van der Waals surface area contributed by atoms with Crippen molar-refractivity contribution in [2.45, 2.75) is 23.6 Å². The number of hydrogen-bond donors (Lipinski definition) is 3. The average Bonchev–Trinajstić information content (AvgIpc) is 3.25. The molecule has 3 aromatic rings. The largest absolute Gasteiger partial charge is 0.421 e. The second-order valence-electron chi connectivity index (χ2n) is 7.79. The van der Waals surface area contributed by atoms with Crippen molar-refractivity contribution < 1.29 is 40.1 Å². The molecule has 0 saturated heterocycles. The Labute approximate surface area is 203 Å². The standard InChI is InChI=1S/C22H22F4N4O5S/c1-14-3-9-17(10-4-14)36(33,34)35-13-21(32,22(24,25)26)12-28-20(31)18-11-29-30(19(18)27-2)16-7-5-15(23)6-8-16/h3-11,27,32H,12-13H2,1-2H3,(H,28,31)/t21-/m0/s1. The van der Waals surface area contributed by atoms with Crippen molar-refractivity contribution in [3.8, 4) is 5.69 Å². The lowest BCUT2D eigenvalue weighted by atomic mass is 10.1. The number of benzene rings is 2. The fourth-order valence-corrected chi connectivity index (χ4v) is 3.99. The highest BCUT2D eigenvalue weighted by Crippen LogP contribution is 2.31. The molecule has 1 atom stereocenters. The van der Waals surface area contributed by atoms with E-state index in [4.69, 9.17) is 0 Å². The van der Waals surface area contributed by atoms with Gasteiger partial charge in [0.25, 0.3) is 16.0 Å². The van der Waals surface area contributed by atoms with Crippen LogP contribution >= 0.6 is 0 Å². The minimum Gasteiger partial charge on any atom is -0.377 e. The zero-order valence-corrected chi connectivity index (χ0v) is 19.8. The van der Waals surface area contributed by atoms with Gasteiger partial charge >= 0.3 is 6.18 Å². The first kappa shape index (κ1) is 27.1. The zero-order chi connectivity index (χ0) is 26.7. The van der Waals surface area contributed by atoms with Gasteiger partial charge in [-0.2, -0.15) is 26.7 Å². The molecule has 36 heavy (non-hydrogen) atoms. The summed E-state index contributed by atoms with van der Waals surface area (Å²) in [4.78, 5) is 12.3. The van der Waals surface area contributed by atoms with Crippen LogP contribution in [0.2, 0.25) is 0 Å². The van der Waals surface area contributed by atoms with Gasteiger partial charge in [-0.05, 0) is 43.3 Å². The Morgan fingerprint density at radius 2 is 1.72 bits per heavy atom. The minimum atomic E-state index is -5.35. The van der Waals surface area contributed by atoms with Gasteiger partial charge in [0, 0.05) is 7.05 Å². The van der Waals surface area contributed by atoms with Crippen LogP contribution in [0.1, 0.15) is 15.9 Å². The van der Waals surface area contributed by atoms with Crippen molar-refractivity contribution in [2.75, 3.05) is 25.5 Å². The lowest BCUT2D eigenvalue weighted by Crippen LogP contribution is -2.57. The summed E-state index contributed by atoms with van der Waals surface area (Å²) < 4.78 is 84.5. The third-order valence-electron chi connectivity index (χ3n) is 5.15. The Bertz CT molecular complexity index is 1330. The number of rotatable bonds is 9. The molecular formula is C22H22F4N4O5S. The summed E-state index contributed by atoms with van der Waals surface area (Å²) >= 11 is 0. The number of hydrogen-bond acceptors (Lipinski definition) is 7. The Morgan fingerprint density at radius 3 is 2.28 bits per heavy atom. The molecule has 0 unspecified atom stereocenters. The maximum Gasteiger partial charge on any atom is 0.421 e. The van der Waals surface area contributed by atoms with Gasteiger partial charge < -0.3 is 15.7 Å². The van der Waals surface area contributed by atoms with Crippen molar-refractivity contribution in [1.29, 1.82) is 0 Å². The second-order valence-corrected chi connectivity index (χ2v) is 9.40. The van der Waals surface area contributed by atoms with Crippen LogP contribution in [-0.2, 0) is 14.3 Å². The topological polar surface area (TPSA) is 123 Å². The average molecular weight is 531 g/mol. The summed E-state index contributed by atoms with van der Waals surface area (Å²) in [5.41, 5.74) is -2.83. The summed E-state index contributed by atoms with van der Waals surface area (Å²) in [5.74, 6) is -1.47. The predicted molar refractivity (Wildman–Crippen MR) is 121 cm³/mol. The molecule has 0 saturated carbocycles. The highest BCUT2D eigenvalue weighted by atomic mass is 32.2. The smallest absolute Gasteiger partial charge is 0.377 e. The van der Waals surface area contributed by atoms with Crippen LogP contribution in [0, 0.1) is 12.7 Å². The van der Waals surface area contributed by atoms with Crippen LogP contribution in [0.5, 0.6) is 0 Å². The summed E-state index contributed by atoms with van der Waals surface area (Å²) in [6.07, 6.45) is -4.29. The van der Waals surface area contributed by atoms with E-state index in [2.05, 4.69) is 14.6 Å². The van der Waals surface area contributed by atoms with Crippen LogP contribution < -0.4 is 10.6 Å². The molecule has 194 valence electrons. The SMILES string of the molecule is CNc1c(C(=O)NC[C@](O)(COS(=O)(=O)c2ccc(C)cc2)C(F)(F)F)cnn1-c1ccc(F)cc1. The molecule has 0 aliphatic carbocycles. The quantitative estimate of drug-likeness (QED) is 0.287. The minimum absolute atomic E-state index is 0.0767. The summed E-state index contributed by atoms with van der Waals surface area (Å²) in [5, 5.41) is 18.9. The highest BCUT2D eigenvalue weighted by Gasteiger charge is 2.55. The molecular weight excluding hydrogens is 508 g/mol. The number of aryl methyl sites for hydroxylation is 1. The predicted octanol–water partition coefficient (Wildman–Crippen LogP) is 2.79. The molecule has 2 aromatic carbocycles. The zero-order valence-electron chi connectivity index (χ0n) is 19.0. The number of carbonyl (C=O) groups is 1. The van der Waals surface area contributed by atoms with Crippen LogP contribution in [-0.4, -0.2) is 61.2 Å². The molecule has 1 amide bonds. The van der Waals surface area contributed by atoms with Gasteiger partial charge in [0.2, 0.25) is 5.60 Å².